The molecular formula is C21H23BrN4O. The van der Waals surface area contributed by atoms with Gasteiger partial charge in [-0.2, -0.15) is 5.10 Å². The summed E-state index contributed by atoms with van der Waals surface area (Å²) in [6.07, 6.45) is 3.31. The molecule has 27 heavy (non-hydrogen) atoms. The van der Waals surface area contributed by atoms with Crippen molar-refractivity contribution < 1.29 is 4.79 Å². The maximum absolute atomic E-state index is 12.6. The van der Waals surface area contributed by atoms with Gasteiger partial charge in [-0.25, -0.2) is 4.68 Å². The van der Waals surface area contributed by atoms with E-state index in [-0.39, 0.29) is 5.91 Å². The zero-order valence-electron chi connectivity index (χ0n) is 15.7. The first-order valence-corrected chi connectivity index (χ1v) is 9.78. The minimum atomic E-state index is -0.169. The molecule has 5 nitrogen and oxygen atoms in total. The van der Waals surface area contributed by atoms with Crippen LogP contribution in [0, 0.1) is 6.92 Å². The number of nitrogens with one attached hydrogen (secondary N) is 1. The Morgan fingerprint density at radius 1 is 1.15 bits per heavy atom. The molecule has 0 fully saturated rings. The Kier molecular flexibility index (Phi) is 5.96. The number of benzene rings is 2. The predicted molar refractivity (Wildman–Crippen MR) is 114 cm³/mol. The summed E-state index contributed by atoms with van der Waals surface area (Å²) in [5, 5.41) is 7.28. The summed E-state index contributed by atoms with van der Waals surface area (Å²) in [6, 6.07) is 13.9. The molecule has 0 radical (unpaired) electrons. The van der Waals surface area contributed by atoms with Crippen LogP contribution < -0.4 is 10.2 Å². The average molecular weight is 427 g/mol. The molecule has 0 spiro atoms. The molecule has 2 aromatic carbocycles. The normalized spacial score (nSPS) is 10.7. The molecule has 6 heteroatoms. The van der Waals surface area contributed by atoms with E-state index in [0.717, 1.165) is 34.5 Å². The second-order valence-corrected chi connectivity index (χ2v) is 7.19. The lowest BCUT2D eigenvalue weighted by molar-refractivity contribution is 0.102. The number of aromatic nitrogens is 2. The van der Waals surface area contributed by atoms with Crippen LogP contribution in [0.25, 0.3) is 5.69 Å². The predicted octanol–water partition coefficient (Wildman–Crippen LogP) is 5.04. The highest BCUT2D eigenvalue weighted by Crippen LogP contribution is 2.23. The van der Waals surface area contributed by atoms with Crippen LogP contribution in [0.15, 0.2) is 59.3 Å². The van der Waals surface area contributed by atoms with Gasteiger partial charge >= 0.3 is 0 Å². The van der Waals surface area contributed by atoms with E-state index >= 15 is 0 Å². The third-order valence-electron chi connectivity index (χ3n) is 4.52. The number of hydrogen-bond donors (Lipinski definition) is 1. The zero-order valence-corrected chi connectivity index (χ0v) is 17.3. The smallest absolute Gasteiger partial charge is 0.258 e. The molecule has 1 heterocycles. The lowest BCUT2D eigenvalue weighted by atomic mass is 10.1. The SMILES string of the molecule is CCN(CC)c1ccc(NC(=O)c2cnn(-c3ccc(Br)cc3)c2)c(C)c1. The number of anilines is 2. The van der Waals surface area contributed by atoms with Gasteiger partial charge in [0.1, 0.15) is 0 Å². The molecule has 1 amide bonds. The van der Waals surface area contributed by atoms with Crippen LogP contribution in [-0.2, 0) is 0 Å². The van der Waals surface area contributed by atoms with E-state index in [4.69, 9.17) is 0 Å². The molecule has 0 aliphatic heterocycles. The molecule has 140 valence electrons. The lowest BCUT2D eigenvalue weighted by Gasteiger charge is -2.22. The van der Waals surface area contributed by atoms with Gasteiger partial charge in [0.2, 0.25) is 0 Å². The maximum Gasteiger partial charge on any atom is 0.258 e. The van der Waals surface area contributed by atoms with Crippen LogP contribution in [0.5, 0.6) is 0 Å². The second kappa shape index (κ2) is 8.39. The van der Waals surface area contributed by atoms with Crippen molar-refractivity contribution in [1.82, 2.24) is 9.78 Å². The van der Waals surface area contributed by atoms with Crippen molar-refractivity contribution in [3.8, 4) is 5.69 Å². The van der Waals surface area contributed by atoms with Gasteiger partial charge in [0.05, 0.1) is 17.4 Å². The van der Waals surface area contributed by atoms with E-state index in [1.165, 1.54) is 5.69 Å². The van der Waals surface area contributed by atoms with E-state index in [9.17, 15) is 4.79 Å². The highest BCUT2D eigenvalue weighted by molar-refractivity contribution is 9.10. The average Bonchev–Trinajstić information content (AvgIpc) is 3.16. The van der Waals surface area contributed by atoms with Gasteiger partial charge in [0.25, 0.3) is 5.91 Å². The first-order valence-electron chi connectivity index (χ1n) is 8.99. The summed E-state index contributed by atoms with van der Waals surface area (Å²) < 4.78 is 2.69. The second-order valence-electron chi connectivity index (χ2n) is 6.28. The summed E-state index contributed by atoms with van der Waals surface area (Å²) in [6.45, 7) is 8.19. The molecule has 0 unspecified atom stereocenters. The Balaban J connectivity index is 1.75. The Hall–Kier alpha value is -2.60. The van der Waals surface area contributed by atoms with Crippen LogP contribution in [-0.4, -0.2) is 28.8 Å². The fourth-order valence-corrected chi connectivity index (χ4v) is 3.21. The lowest BCUT2D eigenvalue weighted by Crippen LogP contribution is -2.22. The summed E-state index contributed by atoms with van der Waals surface area (Å²) in [5.41, 5.74) is 4.43. The first-order chi connectivity index (χ1) is 13.0. The van der Waals surface area contributed by atoms with Gasteiger partial charge in [0, 0.05) is 35.1 Å². The molecule has 3 rings (SSSR count). The number of nitrogens with zero attached hydrogens (tertiary/aromatic N) is 3. The molecule has 0 bridgehead atoms. The minimum Gasteiger partial charge on any atom is -0.372 e. The van der Waals surface area contributed by atoms with E-state index in [2.05, 4.69) is 51.2 Å². The molecule has 1 aromatic heterocycles. The van der Waals surface area contributed by atoms with Crippen LogP contribution in [0.1, 0.15) is 29.8 Å². The van der Waals surface area contributed by atoms with Gasteiger partial charge in [-0.05, 0) is 68.8 Å². The molecule has 0 aliphatic rings. The topological polar surface area (TPSA) is 50.2 Å². The number of carbonyl (C=O) groups is 1. The molecular weight excluding hydrogens is 404 g/mol. The zero-order chi connectivity index (χ0) is 19.4. The van der Waals surface area contributed by atoms with Crippen LogP contribution in [0.4, 0.5) is 11.4 Å². The van der Waals surface area contributed by atoms with Crippen LogP contribution in [0.2, 0.25) is 0 Å². The number of hydrogen-bond acceptors (Lipinski definition) is 3. The van der Waals surface area contributed by atoms with Gasteiger partial charge in [-0.15, -0.1) is 0 Å². The molecule has 0 saturated heterocycles. The van der Waals surface area contributed by atoms with Gasteiger partial charge < -0.3 is 10.2 Å². The standard InChI is InChI=1S/C21H23BrN4O/c1-4-25(5-2)19-10-11-20(15(3)12-19)24-21(27)16-13-23-26(14-16)18-8-6-17(22)7-9-18/h6-14H,4-5H2,1-3H3,(H,24,27). The molecule has 1 N–H and O–H groups in total. The Bertz CT molecular complexity index is 930. The number of halogens is 1. The summed E-state index contributed by atoms with van der Waals surface area (Å²) in [4.78, 5) is 14.9. The monoisotopic (exact) mass is 426 g/mol. The van der Waals surface area contributed by atoms with Crippen molar-refractivity contribution in [3.63, 3.8) is 0 Å². The van der Waals surface area contributed by atoms with Crippen molar-refractivity contribution in [1.29, 1.82) is 0 Å². The maximum atomic E-state index is 12.6. The number of aryl methyl sites for hydroxylation is 1. The fraction of sp³-hybridized carbons (Fsp3) is 0.238. The highest BCUT2D eigenvalue weighted by Gasteiger charge is 2.12. The van der Waals surface area contributed by atoms with E-state index in [1.54, 1.807) is 17.1 Å². The van der Waals surface area contributed by atoms with Gasteiger partial charge in [0.15, 0.2) is 0 Å². The van der Waals surface area contributed by atoms with E-state index in [1.807, 2.05) is 43.3 Å². The van der Waals surface area contributed by atoms with Crippen LogP contribution in [0.3, 0.4) is 0 Å². The Morgan fingerprint density at radius 2 is 1.85 bits per heavy atom. The third-order valence-corrected chi connectivity index (χ3v) is 5.05. The van der Waals surface area contributed by atoms with Crippen molar-refractivity contribution in [2.45, 2.75) is 20.8 Å². The Morgan fingerprint density at radius 3 is 2.48 bits per heavy atom. The molecule has 0 aliphatic carbocycles. The van der Waals surface area contributed by atoms with E-state index < -0.39 is 0 Å². The number of rotatable bonds is 6. The van der Waals surface area contributed by atoms with Gasteiger partial charge in [-0.1, -0.05) is 15.9 Å². The largest absolute Gasteiger partial charge is 0.372 e. The fourth-order valence-electron chi connectivity index (χ4n) is 2.94. The minimum absolute atomic E-state index is 0.169. The van der Waals surface area contributed by atoms with Crippen molar-refractivity contribution in [2.75, 3.05) is 23.3 Å². The van der Waals surface area contributed by atoms with Gasteiger partial charge in [-0.3, -0.25) is 4.79 Å². The summed E-state index contributed by atoms with van der Waals surface area (Å²) >= 11 is 3.42. The summed E-state index contributed by atoms with van der Waals surface area (Å²) in [5.74, 6) is -0.169. The third kappa shape index (κ3) is 4.39. The highest BCUT2D eigenvalue weighted by atomic mass is 79.9. The van der Waals surface area contributed by atoms with E-state index in [0.29, 0.717) is 5.56 Å². The van der Waals surface area contributed by atoms with Crippen molar-refractivity contribution in [3.05, 3.63) is 70.5 Å². The molecule has 3 aromatic rings. The summed E-state index contributed by atoms with van der Waals surface area (Å²) in [7, 11) is 0. The number of carbonyl (C=O) groups excluding carboxylic acids is 1. The molecule has 0 atom stereocenters. The number of amides is 1. The Labute approximate surface area is 168 Å². The van der Waals surface area contributed by atoms with Crippen molar-refractivity contribution in [2.24, 2.45) is 0 Å². The quantitative estimate of drug-likeness (QED) is 0.600. The van der Waals surface area contributed by atoms with Crippen molar-refractivity contribution >= 4 is 33.2 Å². The first kappa shape index (κ1) is 19.2. The molecule has 0 saturated carbocycles. The van der Waals surface area contributed by atoms with Crippen LogP contribution >= 0.6 is 15.9 Å².